The number of hydrogen-bond donors (Lipinski definition) is 1. The van der Waals surface area contributed by atoms with E-state index in [-0.39, 0.29) is 0 Å². The van der Waals surface area contributed by atoms with Crippen LogP contribution in [0.3, 0.4) is 0 Å². The van der Waals surface area contributed by atoms with E-state index in [2.05, 4.69) is 55.3 Å². The number of aliphatic imine (C=N–C) groups is 1. The Morgan fingerprint density at radius 1 is 1.18 bits per heavy atom. The van der Waals surface area contributed by atoms with Gasteiger partial charge in [0.2, 0.25) is 0 Å². The van der Waals surface area contributed by atoms with Gasteiger partial charge in [-0.25, -0.2) is 0 Å². The van der Waals surface area contributed by atoms with Crippen molar-refractivity contribution in [2.45, 2.75) is 33.1 Å². The number of amidine groups is 1. The highest BCUT2D eigenvalue weighted by atomic mass is 15.1. The second-order valence-electron chi connectivity index (χ2n) is 5.25. The Kier molecular flexibility index (Phi) is 3.82. The van der Waals surface area contributed by atoms with Crippen LogP contribution in [0.25, 0.3) is 0 Å². The van der Waals surface area contributed by atoms with E-state index in [0.29, 0.717) is 5.92 Å². The molecule has 92 valence electrons. The van der Waals surface area contributed by atoms with Crippen molar-refractivity contribution in [2.75, 3.05) is 13.1 Å². The molecule has 1 aliphatic heterocycles. The van der Waals surface area contributed by atoms with Gasteiger partial charge in [0.1, 0.15) is 5.84 Å². The zero-order chi connectivity index (χ0) is 12.3. The summed E-state index contributed by atoms with van der Waals surface area (Å²) in [6, 6.07) is 8.98. The summed E-state index contributed by atoms with van der Waals surface area (Å²) in [4.78, 5) is 4.49. The monoisotopic (exact) mass is 230 g/mol. The van der Waals surface area contributed by atoms with Gasteiger partial charge in [0.05, 0.1) is 6.54 Å². The normalized spacial score (nSPS) is 16.8. The number of nitrogens with zero attached hydrogens (tertiary/aromatic N) is 1. The molecule has 1 aromatic carbocycles. The Morgan fingerprint density at radius 3 is 2.41 bits per heavy atom. The largest absolute Gasteiger partial charge is 0.371 e. The fraction of sp³-hybridized carbons (Fsp3) is 0.533. The van der Waals surface area contributed by atoms with Crippen molar-refractivity contribution in [3.05, 3.63) is 35.4 Å². The highest BCUT2D eigenvalue weighted by molar-refractivity contribution is 5.89. The van der Waals surface area contributed by atoms with Crippen LogP contribution in [-0.4, -0.2) is 18.9 Å². The molecule has 1 atom stereocenters. The Balaban J connectivity index is 2.06. The first-order valence-electron chi connectivity index (χ1n) is 6.54. The first-order valence-corrected chi connectivity index (χ1v) is 6.54. The lowest BCUT2D eigenvalue weighted by molar-refractivity contribution is 0.647. The molecule has 1 N–H and O–H groups in total. The summed E-state index contributed by atoms with van der Waals surface area (Å²) < 4.78 is 0. The first kappa shape index (κ1) is 12.2. The average Bonchev–Trinajstić information content (AvgIpc) is 2.82. The molecule has 0 spiro atoms. The van der Waals surface area contributed by atoms with Crippen molar-refractivity contribution in [3.8, 4) is 0 Å². The highest BCUT2D eigenvalue weighted by Gasteiger charge is 2.15. The van der Waals surface area contributed by atoms with E-state index in [9.17, 15) is 0 Å². The number of benzene rings is 1. The van der Waals surface area contributed by atoms with Crippen LogP contribution in [0.2, 0.25) is 0 Å². The van der Waals surface area contributed by atoms with Crippen molar-refractivity contribution in [1.82, 2.24) is 5.32 Å². The smallest absolute Gasteiger partial charge is 0.104 e. The molecule has 2 nitrogen and oxygen atoms in total. The molecule has 0 saturated carbocycles. The van der Waals surface area contributed by atoms with E-state index in [1.807, 2.05) is 0 Å². The zero-order valence-corrected chi connectivity index (χ0v) is 11.0. The maximum Gasteiger partial charge on any atom is 0.104 e. The molecule has 0 saturated heterocycles. The first-order chi connectivity index (χ1) is 8.16. The van der Waals surface area contributed by atoms with E-state index in [1.54, 1.807) is 0 Å². The third-order valence-corrected chi connectivity index (χ3v) is 3.23. The van der Waals surface area contributed by atoms with E-state index in [1.165, 1.54) is 11.1 Å². The molecule has 0 amide bonds. The van der Waals surface area contributed by atoms with Gasteiger partial charge in [0, 0.05) is 12.5 Å². The fourth-order valence-corrected chi connectivity index (χ4v) is 2.28. The fourth-order valence-electron chi connectivity index (χ4n) is 2.28. The van der Waals surface area contributed by atoms with E-state index >= 15 is 0 Å². The van der Waals surface area contributed by atoms with Crippen LogP contribution in [0, 0.1) is 5.92 Å². The molecule has 0 aliphatic carbocycles. The van der Waals surface area contributed by atoms with Crippen LogP contribution in [0.4, 0.5) is 0 Å². The summed E-state index contributed by atoms with van der Waals surface area (Å²) in [5.41, 5.74) is 2.78. The van der Waals surface area contributed by atoms with Gasteiger partial charge in [0.15, 0.2) is 0 Å². The lowest BCUT2D eigenvalue weighted by Crippen LogP contribution is -2.23. The molecule has 1 aliphatic rings. The minimum absolute atomic E-state index is 0.394. The van der Waals surface area contributed by atoms with E-state index < -0.39 is 0 Å². The SMILES string of the molecule is CC(C)Cc1ccc([C@@H](C)C2=NCCN2)cc1. The predicted octanol–water partition coefficient (Wildman–Crippen LogP) is 2.99. The molecule has 0 aromatic heterocycles. The molecule has 0 unspecified atom stereocenters. The van der Waals surface area contributed by atoms with Crippen molar-refractivity contribution in [3.63, 3.8) is 0 Å². The van der Waals surface area contributed by atoms with Gasteiger partial charge < -0.3 is 5.32 Å². The lowest BCUT2D eigenvalue weighted by atomic mass is 9.96. The molecule has 1 aromatic rings. The van der Waals surface area contributed by atoms with Crippen molar-refractivity contribution >= 4 is 5.84 Å². The standard InChI is InChI=1S/C15H22N2/c1-11(2)10-13-4-6-14(7-5-13)12(3)15-16-8-9-17-15/h4-7,11-12H,8-10H2,1-3H3,(H,16,17)/t12-/m1/s1. The topological polar surface area (TPSA) is 24.4 Å². The number of rotatable bonds is 4. The summed E-state index contributed by atoms with van der Waals surface area (Å²) in [5.74, 6) is 2.26. The molecule has 0 fully saturated rings. The van der Waals surface area contributed by atoms with Crippen molar-refractivity contribution in [2.24, 2.45) is 10.9 Å². The van der Waals surface area contributed by atoms with Gasteiger partial charge in [0.25, 0.3) is 0 Å². The quantitative estimate of drug-likeness (QED) is 0.845. The molecular weight excluding hydrogens is 208 g/mol. The van der Waals surface area contributed by atoms with Crippen LogP contribution in [-0.2, 0) is 6.42 Å². The summed E-state index contributed by atoms with van der Waals surface area (Å²) in [7, 11) is 0. The van der Waals surface area contributed by atoms with Gasteiger partial charge in [-0.15, -0.1) is 0 Å². The van der Waals surface area contributed by atoms with Gasteiger partial charge in [-0.05, 0) is 23.5 Å². The Morgan fingerprint density at radius 2 is 1.88 bits per heavy atom. The Bertz CT molecular complexity index is 390. The average molecular weight is 230 g/mol. The minimum Gasteiger partial charge on any atom is -0.371 e. The summed E-state index contributed by atoms with van der Waals surface area (Å²) in [5, 5.41) is 3.35. The second-order valence-corrected chi connectivity index (χ2v) is 5.25. The van der Waals surface area contributed by atoms with Crippen LogP contribution in [0.15, 0.2) is 29.3 Å². The maximum absolute atomic E-state index is 4.49. The summed E-state index contributed by atoms with van der Waals surface area (Å²) >= 11 is 0. The second kappa shape index (κ2) is 5.35. The van der Waals surface area contributed by atoms with Crippen molar-refractivity contribution < 1.29 is 0 Å². The van der Waals surface area contributed by atoms with Crippen LogP contribution in [0.1, 0.15) is 37.8 Å². The lowest BCUT2D eigenvalue weighted by Gasteiger charge is -2.13. The van der Waals surface area contributed by atoms with Crippen molar-refractivity contribution in [1.29, 1.82) is 0 Å². The summed E-state index contributed by atoms with van der Waals surface area (Å²) in [6.45, 7) is 8.65. The van der Waals surface area contributed by atoms with Crippen LogP contribution < -0.4 is 5.32 Å². The molecule has 0 bridgehead atoms. The third-order valence-electron chi connectivity index (χ3n) is 3.23. The molecule has 2 rings (SSSR count). The Labute approximate surface area is 104 Å². The van der Waals surface area contributed by atoms with E-state index in [0.717, 1.165) is 31.3 Å². The molecule has 2 heteroatoms. The highest BCUT2D eigenvalue weighted by Crippen LogP contribution is 2.19. The van der Waals surface area contributed by atoms with Gasteiger partial charge in [-0.2, -0.15) is 0 Å². The van der Waals surface area contributed by atoms with Crippen LogP contribution >= 0.6 is 0 Å². The third kappa shape index (κ3) is 3.09. The maximum atomic E-state index is 4.49. The van der Waals surface area contributed by atoms with Gasteiger partial charge in [-0.3, -0.25) is 4.99 Å². The van der Waals surface area contributed by atoms with Gasteiger partial charge in [-0.1, -0.05) is 45.0 Å². The van der Waals surface area contributed by atoms with Crippen LogP contribution in [0.5, 0.6) is 0 Å². The Hall–Kier alpha value is -1.31. The predicted molar refractivity (Wildman–Crippen MR) is 73.7 cm³/mol. The molecule has 17 heavy (non-hydrogen) atoms. The number of nitrogens with one attached hydrogen (secondary N) is 1. The molecule has 1 heterocycles. The van der Waals surface area contributed by atoms with Gasteiger partial charge >= 0.3 is 0 Å². The number of hydrogen-bond acceptors (Lipinski definition) is 2. The summed E-state index contributed by atoms with van der Waals surface area (Å²) in [6.07, 6.45) is 1.16. The molecule has 0 radical (unpaired) electrons. The molecular formula is C15H22N2. The van der Waals surface area contributed by atoms with E-state index in [4.69, 9.17) is 0 Å². The zero-order valence-electron chi connectivity index (χ0n) is 11.0. The minimum atomic E-state index is 0.394.